The Kier molecular flexibility index (Phi) is 5.85. The van der Waals surface area contributed by atoms with Gasteiger partial charge in [-0.25, -0.2) is 0 Å². The molecule has 140 valence electrons. The van der Waals surface area contributed by atoms with Crippen LogP contribution in [-0.4, -0.2) is 73.0 Å². The van der Waals surface area contributed by atoms with Gasteiger partial charge in [0.2, 0.25) is 0 Å². The number of hydrogen-bond donors (Lipinski definition) is 0. The summed E-state index contributed by atoms with van der Waals surface area (Å²) in [5.41, 5.74) is 0.672. The average molecular weight is 348 g/mol. The Hall–Kier alpha value is -1.33. The van der Waals surface area contributed by atoms with Gasteiger partial charge in [0.25, 0.3) is 5.91 Å². The van der Waals surface area contributed by atoms with E-state index in [2.05, 4.69) is 23.9 Å². The smallest absolute Gasteiger partial charge is 0.257 e. The monoisotopic (exact) mass is 347 g/mol. The van der Waals surface area contributed by atoms with Crippen LogP contribution in [0.1, 0.15) is 54.6 Å². The molecule has 3 rings (SSSR count). The van der Waals surface area contributed by atoms with Gasteiger partial charge in [-0.2, -0.15) is 0 Å². The molecule has 0 bridgehead atoms. The first-order valence-electron chi connectivity index (χ1n) is 9.70. The lowest BCUT2D eigenvalue weighted by Crippen LogP contribution is -2.56. The van der Waals surface area contributed by atoms with E-state index in [1.165, 1.54) is 45.2 Å². The zero-order valence-electron chi connectivity index (χ0n) is 16.2. The number of likely N-dealkylation sites (N-methyl/N-ethyl adjacent to an activating group) is 2. The molecule has 0 radical (unpaired) electrons. The van der Waals surface area contributed by atoms with E-state index in [1.54, 1.807) is 6.26 Å². The Bertz CT molecular complexity index is 577. The van der Waals surface area contributed by atoms with Crippen molar-refractivity contribution in [2.45, 2.75) is 63.6 Å². The molecule has 2 heterocycles. The molecule has 1 aromatic heterocycles. The number of carbonyl (C=O) groups is 1. The minimum Gasteiger partial charge on any atom is -0.469 e. The summed E-state index contributed by atoms with van der Waals surface area (Å²) in [4.78, 5) is 19.9. The Labute approximate surface area is 151 Å². The van der Waals surface area contributed by atoms with Crippen molar-refractivity contribution in [2.75, 3.05) is 34.2 Å². The third-order valence-corrected chi connectivity index (χ3v) is 6.28. The van der Waals surface area contributed by atoms with Crippen LogP contribution in [0.2, 0.25) is 0 Å². The summed E-state index contributed by atoms with van der Waals surface area (Å²) in [6.45, 7) is 4.24. The summed E-state index contributed by atoms with van der Waals surface area (Å²) in [6.07, 6.45) is 8.82. The summed E-state index contributed by atoms with van der Waals surface area (Å²) >= 11 is 0. The molecule has 2 unspecified atom stereocenters. The Morgan fingerprint density at radius 3 is 2.36 bits per heavy atom. The van der Waals surface area contributed by atoms with Crippen LogP contribution in [0.15, 0.2) is 16.7 Å². The van der Waals surface area contributed by atoms with Crippen LogP contribution in [0.3, 0.4) is 0 Å². The number of carbonyl (C=O) groups excluding carboxylic acids is 1. The van der Waals surface area contributed by atoms with Crippen molar-refractivity contribution in [3.8, 4) is 0 Å². The maximum Gasteiger partial charge on any atom is 0.257 e. The molecule has 2 aliphatic rings. The fraction of sp³-hybridized carbons (Fsp3) is 0.750. The van der Waals surface area contributed by atoms with E-state index >= 15 is 0 Å². The zero-order chi connectivity index (χ0) is 18.0. The zero-order valence-corrected chi connectivity index (χ0v) is 16.2. The van der Waals surface area contributed by atoms with Crippen molar-refractivity contribution in [3.05, 3.63) is 23.7 Å². The number of nitrogens with zero attached hydrogens (tertiary/aromatic N) is 3. The summed E-state index contributed by atoms with van der Waals surface area (Å²) in [6, 6.07) is 3.24. The molecule has 1 saturated carbocycles. The summed E-state index contributed by atoms with van der Waals surface area (Å²) in [5.74, 6) is 0.880. The highest BCUT2D eigenvalue weighted by Gasteiger charge is 2.36. The predicted octanol–water partition coefficient (Wildman–Crippen LogP) is 3.00. The van der Waals surface area contributed by atoms with E-state index in [0.717, 1.165) is 12.2 Å². The lowest BCUT2D eigenvalue weighted by molar-refractivity contribution is 0.0278. The molecule has 1 aliphatic carbocycles. The van der Waals surface area contributed by atoms with Crippen LogP contribution in [0.4, 0.5) is 0 Å². The first-order valence-corrected chi connectivity index (χ1v) is 9.70. The van der Waals surface area contributed by atoms with Gasteiger partial charge >= 0.3 is 0 Å². The molecule has 2 atom stereocenters. The van der Waals surface area contributed by atoms with Crippen LogP contribution in [0.25, 0.3) is 0 Å². The summed E-state index contributed by atoms with van der Waals surface area (Å²) in [5, 5.41) is 0. The molecular weight excluding hydrogens is 314 g/mol. The maximum atomic E-state index is 12.9. The van der Waals surface area contributed by atoms with Gasteiger partial charge in [0.1, 0.15) is 12.0 Å². The van der Waals surface area contributed by atoms with Crippen molar-refractivity contribution >= 4 is 5.91 Å². The normalized spacial score (nSPS) is 26.1. The van der Waals surface area contributed by atoms with Gasteiger partial charge in [0.15, 0.2) is 0 Å². The van der Waals surface area contributed by atoms with E-state index < -0.39 is 0 Å². The SMILES string of the molecule is Cc1cc(C(=O)N(C)C2CCCCC2N(C)C2CCN(C)CC2)co1. The highest BCUT2D eigenvalue weighted by molar-refractivity contribution is 5.94. The molecule has 1 saturated heterocycles. The molecule has 2 fully saturated rings. The highest BCUT2D eigenvalue weighted by atomic mass is 16.3. The van der Waals surface area contributed by atoms with Gasteiger partial charge in [-0.1, -0.05) is 12.8 Å². The van der Waals surface area contributed by atoms with Crippen LogP contribution in [0, 0.1) is 6.92 Å². The summed E-state index contributed by atoms with van der Waals surface area (Å²) in [7, 11) is 6.45. The number of hydrogen-bond acceptors (Lipinski definition) is 4. The molecule has 0 spiro atoms. The van der Waals surface area contributed by atoms with Crippen molar-refractivity contribution in [1.82, 2.24) is 14.7 Å². The molecular formula is C20H33N3O2. The van der Waals surface area contributed by atoms with Gasteiger partial charge in [-0.05, 0) is 65.9 Å². The van der Waals surface area contributed by atoms with Gasteiger partial charge < -0.3 is 14.2 Å². The summed E-state index contributed by atoms with van der Waals surface area (Å²) < 4.78 is 5.34. The topological polar surface area (TPSA) is 39.9 Å². The Morgan fingerprint density at radius 1 is 1.12 bits per heavy atom. The van der Waals surface area contributed by atoms with Gasteiger partial charge in [0, 0.05) is 25.2 Å². The average Bonchev–Trinajstić information content (AvgIpc) is 3.07. The second-order valence-corrected chi connectivity index (χ2v) is 7.98. The minimum absolute atomic E-state index is 0.0885. The first kappa shape index (κ1) is 18.5. The lowest BCUT2D eigenvalue weighted by atomic mass is 9.86. The first-order chi connectivity index (χ1) is 12.0. The fourth-order valence-corrected chi connectivity index (χ4v) is 4.60. The molecule has 25 heavy (non-hydrogen) atoms. The van der Waals surface area contributed by atoms with Gasteiger partial charge in [0.05, 0.1) is 5.56 Å². The minimum atomic E-state index is 0.0885. The standard InChI is InChI=1S/C20H33N3O2/c1-15-13-16(14-25-15)20(24)23(4)19-8-6-5-7-18(19)22(3)17-9-11-21(2)12-10-17/h13-14,17-19H,5-12H2,1-4H3. The van der Waals surface area contributed by atoms with Crippen molar-refractivity contribution in [1.29, 1.82) is 0 Å². The molecule has 5 heteroatoms. The van der Waals surface area contributed by atoms with E-state index in [0.29, 0.717) is 23.7 Å². The van der Waals surface area contributed by atoms with Gasteiger partial charge in [-0.3, -0.25) is 9.69 Å². The second kappa shape index (κ2) is 7.92. The number of piperidine rings is 1. The lowest BCUT2D eigenvalue weighted by Gasteiger charge is -2.46. The third kappa shape index (κ3) is 4.09. The van der Waals surface area contributed by atoms with E-state index in [-0.39, 0.29) is 5.91 Å². The molecule has 1 aliphatic heterocycles. The number of furan rings is 1. The number of rotatable bonds is 4. The largest absolute Gasteiger partial charge is 0.469 e. The quantitative estimate of drug-likeness (QED) is 0.839. The fourth-order valence-electron chi connectivity index (χ4n) is 4.60. The van der Waals surface area contributed by atoms with Crippen molar-refractivity contribution in [3.63, 3.8) is 0 Å². The van der Waals surface area contributed by atoms with Crippen LogP contribution in [-0.2, 0) is 0 Å². The van der Waals surface area contributed by atoms with E-state index in [1.807, 2.05) is 24.9 Å². The molecule has 1 amide bonds. The van der Waals surface area contributed by atoms with E-state index in [9.17, 15) is 4.79 Å². The second-order valence-electron chi connectivity index (χ2n) is 7.98. The van der Waals surface area contributed by atoms with Crippen LogP contribution in [0.5, 0.6) is 0 Å². The number of likely N-dealkylation sites (tertiary alicyclic amines) is 1. The van der Waals surface area contributed by atoms with Crippen LogP contribution >= 0.6 is 0 Å². The Morgan fingerprint density at radius 2 is 1.76 bits per heavy atom. The van der Waals surface area contributed by atoms with Crippen molar-refractivity contribution < 1.29 is 9.21 Å². The molecule has 0 N–H and O–H groups in total. The van der Waals surface area contributed by atoms with Crippen LogP contribution < -0.4 is 0 Å². The number of aryl methyl sites for hydroxylation is 1. The third-order valence-electron chi connectivity index (χ3n) is 6.28. The molecule has 5 nitrogen and oxygen atoms in total. The van der Waals surface area contributed by atoms with Crippen molar-refractivity contribution in [2.24, 2.45) is 0 Å². The predicted molar refractivity (Wildman–Crippen MR) is 99.9 cm³/mol. The van der Waals surface area contributed by atoms with E-state index in [4.69, 9.17) is 4.42 Å². The molecule has 1 aromatic rings. The number of amides is 1. The maximum absolute atomic E-state index is 12.9. The molecule has 0 aromatic carbocycles. The van der Waals surface area contributed by atoms with Gasteiger partial charge in [-0.15, -0.1) is 0 Å². The Balaban J connectivity index is 1.70. The highest BCUT2D eigenvalue weighted by Crippen LogP contribution is 2.30.